The first-order chi connectivity index (χ1) is 11.4. The molecule has 3 rings (SSSR count). The number of imidazole rings is 1. The van der Waals surface area contributed by atoms with Gasteiger partial charge >= 0.3 is 0 Å². The highest BCUT2D eigenvalue weighted by molar-refractivity contribution is 5.83. The van der Waals surface area contributed by atoms with Crippen molar-refractivity contribution in [1.82, 2.24) is 14.5 Å². The number of nitrogens with two attached hydrogens (primary N) is 1. The van der Waals surface area contributed by atoms with E-state index in [0.717, 1.165) is 6.92 Å². The first-order valence-corrected chi connectivity index (χ1v) is 7.11. The molecule has 4 N–H and O–H groups in total. The topological polar surface area (TPSA) is 155 Å². The summed E-state index contributed by atoms with van der Waals surface area (Å²) < 4.78 is 22.2. The van der Waals surface area contributed by atoms with Gasteiger partial charge in [-0.1, -0.05) is 5.11 Å². The lowest BCUT2D eigenvalue weighted by Crippen LogP contribution is -2.51. The van der Waals surface area contributed by atoms with Crippen LogP contribution < -0.4 is 5.73 Å². The molecule has 10 nitrogen and oxygen atoms in total. The lowest BCUT2D eigenvalue weighted by atomic mass is 9.89. The Balaban J connectivity index is 2.10. The van der Waals surface area contributed by atoms with Gasteiger partial charge in [0.15, 0.2) is 17.5 Å². The first-order valence-electron chi connectivity index (χ1n) is 7.11. The third kappa shape index (κ3) is 2.18. The molecule has 11 heteroatoms. The fourth-order valence-corrected chi connectivity index (χ4v) is 2.95. The van der Waals surface area contributed by atoms with Crippen LogP contribution in [0.2, 0.25) is 0 Å². The number of aliphatic hydroxyl groups is 2. The summed E-state index contributed by atoms with van der Waals surface area (Å²) in [5.74, 6) is 0. The molecule has 1 aliphatic heterocycles. The number of aliphatic hydroxyl groups excluding tert-OH is 2. The Morgan fingerprint density at radius 1 is 1.58 bits per heavy atom. The fourth-order valence-electron chi connectivity index (χ4n) is 2.95. The molecule has 2 aromatic rings. The number of ether oxygens (including phenoxy) is 1. The summed E-state index contributed by atoms with van der Waals surface area (Å²) in [4.78, 5) is 10.8. The van der Waals surface area contributed by atoms with Gasteiger partial charge in [0.2, 0.25) is 0 Å². The van der Waals surface area contributed by atoms with E-state index in [1.165, 1.54) is 17.1 Å². The Morgan fingerprint density at radius 2 is 2.33 bits per heavy atom. The van der Waals surface area contributed by atoms with Crippen molar-refractivity contribution in [2.75, 3.05) is 18.9 Å². The number of anilines is 1. The Bertz CT molecular complexity index is 819. The number of nitrogen functional groups attached to an aromatic ring is 1. The number of hydrogen-bond donors (Lipinski definition) is 3. The molecule has 0 unspecified atom stereocenters. The van der Waals surface area contributed by atoms with E-state index >= 15 is 4.39 Å². The van der Waals surface area contributed by atoms with Crippen LogP contribution in [-0.2, 0) is 4.74 Å². The fraction of sp³-hybridized carbons (Fsp3) is 0.538. The SMILES string of the molecule is C[C@@]1(F)[C@H](O)[C@](CO)(CN=[N+]=[N-])O[C@H]1n1cnc2c(N)ccnc21. The number of fused-ring (bicyclic) bond motifs is 1. The normalized spacial score (nSPS) is 32.8. The zero-order valence-corrected chi connectivity index (χ0v) is 12.7. The number of azide groups is 1. The minimum atomic E-state index is -2.30. The molecule has 2 aromatic heterocycles. The highest BCUT2D eigenvalue weighted by Crippen LogP contribution is 2.47. The second-order valence-corrected chi connectivity index (χ2v) is 5.86. The van der Waals surface area contributed by atoms with E-state index in [0.29, 0.717) is 11.2 Å². The average Bonchev–Trinajstić information content (AvgIpc) is 3.07. The van der Waals surface area contributed by atoms with Crippen LogP contribution in [0.4, 0.5) is 10.1 Å². The van der Waals surface area contributed by atoms with Crippen LogP contribution in [0.3, 0.4) is 0 Å². The number of halogens is 1. The highest BCUT2D eigenvalue weighted by Gasteiger charge is 2.62. The third-order valence-electron chi connectivity index (χ3n) is 4.28. The molecule has 0 bridgehead atoms. The number of aromatic nitrogens is 3. The van der Waals surface area contributed by atoms with Crippen LogP contribution in [0.15, 0.2) is 23.7 Å². The summed E-state index contributed by atoms with van der Waals surface area (Å²) in [6.07, 6.45) is -0.336. The molecule has 0 aliphatic carbocycles. The monoisotopic (exact) mass is 337 g/mol. The Hall–Kier alpha value is -2.46. The van der Waals surface area contributed by atoms with E-state index < -0.39 is 36.8 Å². The van der Waals surface area contributed by atoms with Crippen molar-refractivity contribution < 1.29 is 19.3 Å². The van der Waals surface area contributed by atoms with Gasteiger partial charge in [-0.15, -0.1) is 0 Å². The molecular weight excluding hydrogens is 321 g/mol. The lowest BCUT2D eigenvalue weighted by Gasteiger charge is -2.29. The van der Waals surface area contributed by atoms with E-state index in [9.17, 15) is 10.2 Å². The van der Waals surface area contributed by atoms with Crippen LogP contribution in [0.5, 0.6) is 0 Å². The maximum atomic E-state index is 15.2. The third-order valence-corrected chi connectivity index (χ3v) is 4.28. The van der Waals surface area contributed by atoms with E-state index in [4.69, 9.17) is 16.0 Å². The van der Waals surface area contributed by atoms with Gasteiger partial charge in [0.1, 0.15) is 17.2 Å². The van der Waals surface area contributed by atoms with Gasteiger partial charge in [0, 0.05) is 11.1 Å². The van der Waals surface area contributed by atoms with Crippen molar-refractivity contribution in [1.29, 1.82) is 0 Å². The Kier molecular flexibility index (Phi) is 3.80. The van der Waals surface area contributed by atoms with E-state index in [-0.39, 0.29) is 5.65 Å². The zero-order valence-electron chi connectivity index (χ0n) is 12.7. The molecule has 24 heavy (non-hydrogen) atoms. The van der Waals surface area contributed by atoms with Crippen molar-refractivity contribution in [3.63, 3.8) is 0 Å². The van der Waals surface area contributed by atoms with Crippen molar-refractivity contribution in [3.8, 4) is 0 Å². The molecular formula is C13H16FN7O3. The molecule has 0 aromatic carbocycles. The number of hydrogen-bond acceptors (Lipinski definition) is 7. The lowest BCUT2D eigenvalue weighted by molar-refractivity contribution is -0.121. The standard InChI is InChI=1S/C13H16FN7O3/c1-12(14)10(23)13(5-22,4-19-20-16)24-11(12)21-6-18-8-7(15)2-3-17-9(8)21/h2-3,6,10-11,22-23H,4-5H2,1H3,(H2,15,17)/t10-,11+,12+,13+/m0/s1. The van der Waals surface area contributed by atoms with E-state index in [1.807, 2.05) is 0 Å². The molecule has 1 aliphatic rings. The van der Waals surface area contributed by atoms with Crippen LogP contribution in [0.1, 0.15) is 13.2 Å². The van der Waals surface area contributed by atoms with Gasteiger partial charge in [-0.2, -0.15) is 0 Å². The number of alkyl halides is 1. The minimum Gasteiger partial charge on any atom is -0.397 e. The van der Waals surface area contributed by atoms with Gasteiger partial charge in [-0.3, -0.25) is 4.57 Å². The molecule has 0 saturated carbocycles. The highest BCUT2D eigenvalue weighted by atomic mass is 19.1. The van der Waals surface area contributed by atoms with Crippen molar-refractivity contribution >= 4 is 16.9 Å². The molecule has 0 radical (unpaired) electrons. The molecule has 128 valence electrons. The van der Waals surface area contributed by atoms with Crippen molar-refractivity contribution in [2.45, 2.75) is 30.5 Å². The smallest absolute Gasteiger partial charge is 0.181 e. The van der Waals surface area contributed by atoms with Crippen LogP contribution in [-0.4, -0.2) is 55.3 Å². The molecule has 1 saturated heterocycles. The number of pyridine rings is 1. The van der Waals surface area contributed by atoms with Crippen LogP contribution >= 0.6 is 0 Å². The number of rotatable bonds is 4. The molecule has 0 amide bonds. The summed E-state index contributed by atoms with van der Waals surface area (Å²) in [6.45, 7) is -0.0290. The maximum absolute atomic E-state index is 15.2. The molecule has 4 atom stereocenters. The predicted molar refractivity (Wildman–Crippen MR) is 81.4 cm³/mol. The van der Waals surface area contributed by atoms with Gasteiger partial charge in [0.25, 0.3) is 0 Å². The maximum Gasteiger partial charge on any atom is 0.181 e. The summed E-state index contributed by atoms with van der Waals surface area (Å²) in [6, 6.07) is 1.55. The van der Waals surface area contributed by atoms with Gasteiger partial charge in [-0.25, -0.2) is 14.4 Å². The molecule has 1 fully saturated rings. The summed E-state index contributed by atoms with van der Waals surface area (Å²) in [5, 5.41) is 23.3. The van der Waals surface area contributed by atoms with E-state index in [2.05, 4.69) is 20.0 Å². The van der Waals surface area contributed by atoms with E-state index in [1.54, 1.807) is 6.07 Å². The van der Waals surface area contributed by atoms with Crippen molar-refractivity contribution in [2.24, 2.45) is 5.11 Å². The molecule has 0 spiro atoms. The second-order valence-electron chi connectivity index (χ2n) is 5.86. The Morgan fingerprint density at radius 3 is 3.00 bits per heavy atom. The Labute approximate surface area is 135 Å². The summed E-state index contributed by atoms with van der Waals surface area (Å²) in [5.41, 5.74) is 11.2. The average molecular weight is 337 g/mol. The second kappa shape index (κ2) is 5.56. The number of nitrogens with zero attached hydrogens (tertiary/aromatic N) is 6. The van der Waals surface area contributed by atoms with Crippen LogP contribution in [0.25, 0.3) is 21.6 Å². The minimum absolute atomic E-state index is 0.272. The van der Waals surface area contributed by atoms with Crippen LogP contribution in [0, 0.1) is 0 Å². The van der Waals surface area contributed by atoms with Gasteiger partial charge in [-0.05, 0) is 18.5 Å². The zero-order chi connectivity index (χ0) is 17.5. The summed E-state index contributed by atoms with van der Waals surface area (Å²) >= 11 is 0. The summed E-state index contributed by atoms with van der Waals surface area (Å²) in [7, 11) is 0. The molecule has 3 heterocycles. The predicted octanol–water partition coefficient (Wildman–Crippen LogP) is 0.673. The quantitative estimate of drug-likeness (QED) is 0.423. The van der Waals surface area contributed by atoms with Crippen molar-refractivity contribution in [3.05, 3.63) is 29.0 Å². The first kappa shape index (κ1) is 16.4. The van der Waals surface area contributed by atoms with Gasteiger partial charge in [0.05, 0.1) is 25.2 Å². The largest absolute Gasteiger partial charge is 0.397 e. The van der Waals surface area contributed by atoms with Gasteiger partial charge < -0.3 is 20.7 Å².